The summed E-state index contributed by atoms with van der Waals surface area (Å²) >= 11 is 0. The van der Waals surface area contributed by atoms with Crippen molar-refractivity contribution in [3.05, 3.63) is 0 Å². The molecule has 0 aromatic rings. The Hall–Kier alpha value is -0.130. The molecule has 0 unspecified atom stereocenters. The van der Waals surface area contributed by atoms with Crippen LogP contribution in [-0.4, -0.2) is 21.1 Å². The van der Waals surface area contributed by atoms with Crippen molar-refractivity contribution < 1.29 is 16.8 Å². The molecule has 0 fully saturated rings. The molecule has 0 atom stereocenters. The Morgan fingerprint density at radius 2 is 1.39 bits per heavy atom. The van der Waals surface area contributed by atoms with Gasteiger partial charge in [-0.05, 0) is 24.7 Å². The molecule has 4 nitrogen and oxygen atoms in total. The van der Waals surface area contributed by atoms with Gasteiger partial charge in [0.05, 0.1) is 12.7 Å². The van der Waals surface area contributed by atoms with E-state index in [0.29, 0.717) is 12.8 Å². The zero-order valence-electron chi connectivity index (χ0n) is 12.6. The maximum atomic E-state index is 11.6. The van der Waals surface area contributed by atoms with E-state index in [1.807, 2.05) is 13.8 Å². The Kier molecular flexibility index (Phi) is 6.82. The first-order valence-electron chi connectivity index (χ1n) is 6.73. The van der Waals surface area contributed by atoms with Gasteiger partial charge in [-0.3, -0.25) is 4.18 Å². The van der Waals surface area contributed by atoms with Gasteiger partial charge in [0.1, 0.15) is 0 Å². The van der Waals surface area contributed by atoms with E-state index in [-0.39, 0.29) is 5.41 Å². The molecule has 0 heterocycles. The Morgan fingerprint density at radius 1 is 0.944 bits per heavy atom. The Bertz CT molecular complexity index is 327. The first-order chi connectivity index (χ1) is 8.22. The van der Waals surface area contributed by atoms with Crippen LogP contribution < -0.4 is 0 Å². The summed E-state index contributed by atoms with van der Waals surface area (Å²) in [7, 11) is -2.76. The van der Waals surface area contributed by atoms with Crippen molar-refractivity contribution in [1.82, 2.24) is 0 Å². The van der Waals surface area contributed by atoms with Gasteiger partial charge in [-0.2, -0.15) is 8.42 Å². The molecule has 0 aliphatic heterocycles. The molecular weight excluding hydrogens is 252 g/mol. The summed E-state index contributed by atoms with van der Waals surface area (Å²) in [5, 5.41) is 0. The molecule has 0 rings (SSSR count). The van der Waals surface area contributed by atoms with Crippen LogP contribution in [0.25, 0.3) is 0 Å². The van der Waals surface area contributed by atoms with Crippen molar-refractivity contribution >= 4 is 10.4 Å². The van der Waals surface area contributed by atoms with Gasteiger partial charge in [-0.1, -0.05) is 47.5 Å². The van der Waals surface area contributed by atoms with Crippen LogP contribution in [0.5, 0.6) is 0 Å². The second-order valence-electron chi connectivity index (χ2n) is 5.24. The largest absolute Gasteiger partial charge is 0.400 e. The van der Waals surface area contributed by atoms with Gasteiger partial charge in [0.25, 0.3) is 0 Å². The molecule has 0 bridgehead atoms. The highest BCUT2D eigenvalue weighted by Gasteiger charge is 2.39. The molecule has 0 radical (unpaired) electrons. The van der Waals surface area contributed by atoms with Crippen molar-refractivity contribution in [3.63, 3.8) is 0 Å². The van der Waals surface area contributed by atoms with Crippen LogP contribution in [0, 0.1) is 5.41 Å². The molecule has 0 N–H and O–H groups in total. The summed E-state index contributed by atoms with van der Waals surface area (Å²) in [4.78, 5) is 0. The highest BCUT2D eigenvalue weighted by atomic mass is 32.3. The summed E-state index contributed by atoms with van der Waals surface area (Å²) in [6.07, 6.45) is 4.04. The van der Waals surface area contributed by atoms with Crippen LogP contribution in [0.15, 0.2) is 0 Å². The van der Waals surface area contributed by atoms with Crippen molar-refractivity contribution in [2.45, 2.75) is 72.3 Å². The lowest BCUT2D eigenvalue weighted by Crippen LogP contribution is -2.39. The minimum Gasteiger partial charge on any atom is -0.252 e. The Balaban J connectivity index is 5.16. The first-order valence-corrected chi connectivity index (χ1v) is 8.06. The highest BCUT2D eigenvalue weighted by Crippen LogP contribution is 2.40. The summed E-state index contributed by atoms with van der Waals surface area (Å²) in [6, 6.07) is 0. The zero-order valence-corrected chi connectivity index (χ0v) is 13.4. The highest BCUT2D eigenvalue weighted by molar-refractivity contribution is 7.81. The smallest absolute Gasteiger partial charge is 0.252 e. The predicted molar refractivity (Wildman–Crippen MR) is 73.6 cm³/mol. The third-order valence-electron chi connectivity index (χ3n) is 4.23. The Morgan fingerprint density at radius 3 is 1.67 bits per heavy atom. The van der Waals surface area contributed by atoms with Crippen molar-refractivity contribution in [2.24, 2.45) is 5.41 Å². The van der Waals surface area contributed by atoms with Crippen LogP contribution in [0.4, 0.5) is 0 Å². The van der Waals surface area contributed by atoms with Gasteiger partial charge < -0.3 is 0 Å². The summed E-state index contributed by atoms with van der Waals surface area (Å²) in [5.41, 5.74) is -0.565. The third-order valence-corrected chi connectivity index (χ3v) is 5.19. The molecule has 5 heteroatoms. The average molecular weight is 280 g/mol. The van der Waals surface area contributed by atoms with Crippen LogP contribution in [0.2, 0.25) is 0 Å². The fraction of sp³-hybridized carbons (Fsp3) is 1.00. The lowest BCUT2D eigenvalue weighted by Gasteiger charge is -2.39. The lowest BCUT2D eigenvalue weighted by molar-refractivity contribution is 0.00188. The third kappa shape index (κ3) is 4.86. The first kappa shape index (κ1) is 17.9. The van der Waals surface area contributed by atoms with Gasteiger partial charge in [-0.25, -0.2) is 4.18 Å². The van der Waals surface area contributed by atoms with Gasteiger partial charge in [0, 0.05) is 0 Å². The summed E-state index contributed by atoms with van der Waals surface area (Å²) in [6.45, 7) is 10.4. The standard InChI is InChI=1S/C13H28O4S/c1-7-12(5,8-2)11-13(9-3,10-4)17-18(14,15)16-6/h7-11H2,1-6H3. The molecule has 0 aromatic heterocycles. The second-order valence-corrected chi connectivity index (χ2v) is 6.56. The van der Waals surface area contributed by atoms with Gasteiger partial charge in [-0.15, -0.1) is 0 Å². The predicted octanol–water partition coefficient (Wildman–Crippen LogP) is 3.67. The molecule has 0 aromatic carbocycles. The summed E-state index contributed by atoms with van der Waals surface area (Å²) in [5.74, 6) is 0. The molecule has 18 heavy (non-hydrogen) atoms. The van der Waals surface area contributed by atoms with Crippen molar-refractivity contribution in [2.75, 3.05) is 7.11 Å². The molecule has 0 aliphatic rings. The van der Waals surface area contributed by atoms with E-state index in [9.17, 15) is 8.42 Å². The molecular formula is C13H28O4S. The maximum absolute atomic E-state index is 11.6. The van der Waals surface area contributed by atoms with E-state index in [2.05, 4.69) is 25.0 Å². The van der Waals surface area contributed by atoms with E-state index >= 15 is 0 Å². The fourth-order valence-corrected chi connectivity index (χ4v) is 2.97. The Labute approximate surface area is 112 Å². The summed E-state index contributed by atoms with van der Waals surface area (Å²) < 4.78 is 32.9. The van der Waals surface area contributed by atoms with Crippen LogP contribution >= 0.6 is 0 Å². The molecule has 110 valence electrons. The van der Waals surface area contributed by atoms with Crippen LogP contribution in [0.3, 0.4) is 0 Å². The van der Waals surface area contributed by atoms with E-state index < -0.39 is 16.0 Å². The number of hydrogen-bond acceptors (Lipinski definition) is 4. The lowest BCUT2D eigenvalue weighted by atomic mass is 9.73. The van der Waals surface area contributed by atoms with Crippen LogP contribution in [0.1, 0.15) is 66.7 Å². The van der Waals surface area contributed by atoms with E-state index in [1.54, 1.807) is 0 Å². The van der Waals surface area contributed by atoms with Crippen LogP contribution in [-0.2, 0) is 18.8 Å². The SMILES string of the molecule is CCC(C)(CC)CC(CC)(CC)OS(=O)(=O)OC. The maximum Gasteiger partial charge on any atom is 0.400 e. The topological polar surface area (TPSA) is 52.6 Å². The van der Waals surface area contributed by atoms with Crippen molar-refractivity contribution in [3.8, 4) is 0 Å². The van der Waals surface area contributed by atoms with Crippen molar-refractivity contribution in [1.29, 1.82) is 0 Å². The second kappa shape index (κ2) is 6.87. The monoisotopic (exact) mass is 280 g/mol. The normalized spacial score (nSPS) is 13.9. The van der Waals surface area contributed by atoms with E-state index in [1.165, 1.54) is 0 Å². The molecule has 0 saturated carbocycles. The quantitative estimate of drug-likeness (QED) is 0.646. The van der Waals surface area contributed by atoms with E-state index in [4.69, 9.17) is 4.18 Å². The zero-order chi connectivity index (χ0) is 14.4. The van der Waals surface area contributed by atoms with Gasteiger partial charge >= 0.3 is 10.4 Å². The minimum atomic E-state index is -3.89. The van der Waals surface area contributed by atoms with E-state index in [0.717, 1.165) is 26.4 Å². The van der Waals surface area contributed by atoms with Gasteiger partial charge in [0.15, 0.2) is 0 Å². The molecule has 0 spiro atoms. The fourth-order valence-electron chi connectivity index (χ4n) is 2.18. The molecule has 0 saturated heterocycles. The number of rotatable bonds is 9. The minimum absolute atomic E-state index is 0.0925. The molecule has 0 amide bonds. The average Bonchev–Trinajstić information content (AvgIpc) is 2.37. The number of hydrogen-bond donors (Lipinski definition) is 0. The van der Waals surface area contributed by atoms with Gasteiger partial charge in [0.2, 0.25) is 0 Å². The molecule has 0 aliphatic carbocycles.